The Bertz CT molecular complexity index is 182. The summed E-state index contributed by atoms with van der Waals surface area (Å²) in [6.45, 7) is 0.642. The van der Waals surface area contributed by atoms with E-state index in [-0.39, 0.29) is 39.5 Å². The monoisotopic (exact) mass is 243 g/mol. The number of rotatable bonds is 10. The highest BCUT2D eigenvalue weighted by Gasteiger charge is 2.25. The van der Waals surface area contributed by atoms with Crippen LogP contribution >= 0.6 is 7.82 Å². The van der Waals surface area contributed by atoms with E-state index in [9.17, 15) is 4.57 Å². The molecule has 0 amide bonds. The molecule has 15 heavy (non-hydrogen) atoms. The molecule has 0 bridgehead atoms. The van der Waals surface area contributed by atoms with Crippen molar-refractivity contribution in [3.05, 3.63) is 0 Å². The van der Waals surface area contributed by atoms with Crippen LogP contribution in [0.2, 0.25) is 0 Å². The third-order valence-corrected chi connectivity index (χ3v) is 2.69. The van der Waals surface area contributed by atoms with Crippen molar-refractivity contribution in [3.63, 3.8) is 0 Å². The fourth-order valence-corrected chi connectivity index (χ4v) is 1.84. The number of nitrogens with one attached hydrogen (secondary N) is 1. The van der Waals surface area contributed by atoms with Crippen LogP contribution in [-0.2, 0) is 18.1 Å². The third kappa shape index (κ3) is 7.83. The highest BCUT2D eigenvalue weighted by molar-refractivity contribution is 7.48. The first-order chi connectivity index (χ1) is 7.18. The SMILES string of the molecule is NCCOP(=O)(OCCN)OCCNO. The molecule has 0 aromatic carbocycles. The average molecular weight is 243 g/mol. The third-order valence-electron chi connectivity index (χ3n) is 1.20. The van der Waals surface area contributed by atoms with Crippen molar-refractivity contribution in [1.29, 1.82) is 0 Å². The summed E-state index contributed by atoms with van der Waals surface area (Å²) in [5.74, 6) is 0. The minimum absolute atomic E-state index is 0.0110. The lowest BCUT2D eigenvalue weighted by atomic mass is 10.7. The molecule has 0 unspecified atom stereocenters. The van der Waals surface area contributed by atoms with Gasteiger partial charge in [0.1, 0.15) is 0 Å². The van der Waals surface area contributed by atoms with Gasteiger partial charge < -0.3 is 16.7 Å². The van der Waals surface area contributed by atoms with Crippen molar-refractivity contribution >= 4 is 7.82 Å². The zero-order valence-electron chi connectivity index (χ0n) is 8.42. The van der Waals surface area contributed by atoms with Crippen molar-refractivity contribution in [2.45, 2.75) is 0 Å². The molecule has 0 atom stereocenters. The fourth-order valence-electron chi connectivity index (χ4n) is 0.644. The number of hydrogen-bond acceptors (Lipinski definition) is 8. The van der Waals surface area contributed by atoms with Crippen molar-refractivity contribution < 1.29 is 23.3 Å². The van der Waals surface area contributed by atoms with Gasteiger partial charge in [0.05, 0.1) is 19.8 Å². The van der Waals surface area contributed by atoms with E-state index in [1.807, 2.05) is 5.48 Å². The molecule has 0 radical (unpaired) electrons. The van der Waals surface area contributed by atoms with E-state index in [1.165, 1.54) is 0 Å². The molecule has 0 saturated carbocycles. The Labute approximate surface area is 88.4 Å². The summed E-state index contributed by atoms with van der Waals surface area (Å²) in [4.78, 5) is 0. The molecule has 0 heterocycles. The van der Waals surface area contributed by atoms with Gasteiger partial charge in [-0.05, 0) is 0 Å². The van der Waals surface area contributed by atoms with E-state index < -0.39 is 7.82 Å². The van der Waals surface area contributed by atoms with E-state index in [2.05, 4.69) is 0 Å². The van der Waals surface area contributed by atoms with Gasteiger partial charge in [-0.15, -0.1) is 0 Å². The predicted octanol–water partition coefficient (Wildman–Crippen LogP) is -0.959. The van der Waals surface area contributed by atoms with Crippen LogP contribution in [0.3, 0.4) is 0 Å². The first-order valence-electron chi connectivity index (χ1n) is 4.49. The van der Waals surface area contributed by atoms with Crippen LogP contribution in [0.15, 0.2) is 0 Å². The zero-order chi connectivity index (χ0) is 11.6. The molecule has 8 nitrogen and oxygen atoms in total. The summed E-state index contributed by atoms with van der Waals surface area (Å²) < 4.78 is 26.3. The van der Waals surface area contributed by atoms with E-state index in [1.54, 1.807) is 0 Å². The van der Waals surface area contributed by atoms with Crippen LogP contribution in [0.1, 0.15) is 0 Å². The molecule has 0 aromatic rings. The van der Waals surface area contributed by atoms with Crippen molar-refractivity contribution in [2.75, 3.05) is 39.5 Å². The van der Waals surface area contributed by atoms with Gasteiger partial charge >= 0.3 is 7.82 Å². The second kappa shape index (κ2) is 9.20. The Morgan fingerprint density at radius 1 is 1.07 bits per heavy atom. The van der Waals surface area contributed by atoms with Crippen LogP contribution in [0.5, 0.6) is 0 Å². The standard InChI is InChI=1S/C6H18N3O5P/c7-1-4-12-15(11,13-5-2-8)14-6-3-9-10/h9-10H,1-8H2. The largest absolute Gasteiger partial charge is 0.474 e. The van der Waals surface area contributed by atoms with Gasteiger partial charge in [0, 0.05) is 19.6 Å². The van der Waals surface area contributed by atoms with Crippen molar-refractivity contribution in [2.24, 2.45) is 11.5 Å². The molecule has 6 N–H and O–H groups in total. The molecule has 0 aliphatic rings. The summed E-state index contributed by atoms with van der Waals surface area (Å²) in [6, 6.07) is 0. The number of hydrogen-bond donors (Lipinski definition) is 4. The van der Waals surface area contributed by atoms with Crippen LogP contribution in [0, 0.1) is 0 Å². The van der Waals surface area contributed by atoms with Crippen molar-refractivity contribution in [1.82, 2.24) is 5.48 Å². The summed E-state index contributed by atoms with van der Waals surface area (Å²) in [7, 11) is -3.59. The first-order valence-corrected chi connectivity index (χ1v) is 5.95. The molecule has 0 aromatic heterocycles. The fraction of sp³-hybridized carbons (Fsp3) is 1.00. The van der Waals surface area contributed by atoms with Crippen LogP contribution < -0.4 is 16.9 Å². The molecule has 0 spiro atoms. The molecule has 0 aliphatic carbocycles. The molecule has 0 rings (SSSR count). The lowest BCUT2D eigenvalue weighted by Crippen LogP contribution is -2.17. The summed E-state index contributed by atoms with van der Waals surface area (Å²) >= 11 is 0. The maximum absolute atomic E-state index is 11.7. The number of nitrogens with two attached hydrogens (primary N) is 2. The maximum Gasteiger partial charge on any atom is 0.474 e. The lowest BCUT2D eigenvalue weighted by Gasteiger charge is -2.16. The number of phosphoric acid groups is 1. The normalized spacial score (nSPS) is 11.9. The van der Waals surface area contributed by atoms with Crippen LogP contribution in [0.4, 0.5) is 0 Å². The van der Waals surface area contributed by atoms with Gasteiger partial charge in [0.25, 0.3) is 0 Å². The number of hydroxylamine groups is 1. The molecule has 92 valence electrons. The Hall–Kier alpha value is -0.0500. The van der Waals surface area contributed by atoms with Crippen LogP contribution in [0.25, 0.3) is 0 Å². The molecular formula is C6H18N3O5P. The number of phosphoric ester groups is 1. The van der Waals surface area contributed by atoms with Gasteiger partial charge in [-0.2, -0.15) is 0 Å². The quantitative estimate of drug-likeness (QED) is 0.219. The van der Waals surface area contributed by atoms with Gasteiger partial charge in [0.15, 0.2) is 0 Å². The minimum Gasteiger partial charge on any atom is -0.328 e. The molecular weight excluding hydrogens is 225 g/mol. The van der Waals surface area contributed by atoms with E-state index in [4.69, 9.17) is 30.2 Å². The summed E-state index contributed by atoms with van der Waals surface area (Å²) in [5, 5.41) is 8.27. The zero-order valence-corrected chi connectivity index (χ0v) is 9.32. The molecule has 9 heteroatoms. The van der Waals surface area contributed by atoms with Gasteiger partial charge in [-0.1, -0.05) is 0 Å². The van der Waals surface area contributed by atoms with Gasteiger partial charge in [0.2, 0.25) is 0 Å². The Kier molecular flexibility index (Phi) is 9.17. The lowest BCUT2D eigenvalue weighted by molar-refractivity contribution is 0.0978. The Morgan fingerprint density at radius 2 is 1.53 bits per heavy atom. The molecule has 0 fully saturated rings. The van der Waals surface area contributed by atoms with Crippen LogP contribution in [-0.4, -0.2) is 44.7 Å². The van der Waals surface area contributed by atoms with Gasteiger partial charge in [-0.25, -0.2) is 10.0 Å². The van der Waals surface area contributed by atoms with Gasteiger partial charge in [-0.3, -0.25) is 13.6 Å². The molecule has 0 aliphatic heterocycles. The Morgan fingerprint density at radius 3 is 1.93 bits per heavy atom. The highest BCUT2D eigenvalue weighted by atomic mass is 31.2. The first kappa shape index (κ1) is 14.9. The van der Waals surface area contributed by atoms with E-state index in [0.717, 1.165) is 0 Å². The average Bonchev–Trinajstić information content (AvgIpc) is 2.24. The molecule has 0 saturated heterocycles. The minimum atomic E-state index is -3.59. The summed E-state index contributed by atoms with van der Waals surface area (Å²) in [6.07, 6.45) is 0. The second-order valence-electron chi connectivity index (χ2n) is 2.43. The topological polar surface area (TPSA) is 129 Å². The predicted molar refractivity (Wildman–Crippen MR) is 53.4 cm³/mol. The van der Waals surface area contributed by atoms with E-state index >= 15 is 0 Å². The highest BCUT2D eigenvalue weighted by Crippen LogP contribution is 2.48. The smallest absolute Gasteiger partial charge is 0.328 e. The van der Waals surface area contributed by atoms with E-state index in [0.29, 0.717) is 0 Å². The second-order valence-corrected chi connectivity index (χ2v) is 4.10. The summed E-state index contributed by atoms with van der Waals surface area (Å²) in [5.41, 5.74) is 12.2. The maximum atomic E-state index is 11.7. The Balaban J connectivity index is 3.96. The van der Waals surface area contributed by atoms with Crippen molar-refractivity contribution in [3.8, 4) is 0 Å².